The van der Waals surface area contributed by atoms with Crippen molar-refractivity contribution in [3.63, 3.8) is 0 Å². The largest absolute Gasteiger partial charge is 0.270 e. The molecule has 0 aliphatic carbocycles. The van der Waals surface area contributed by atoms with Crippen LogP contribution in [0.1, 0.15) is 6.42 Å². The molecule has 1 heterocycles. The first-order valence-electron chi connectivity index (χ1n) is 2.15. The van der Waals surface area contributed by atoms with Crippen molar-refractivity contribution in [2.75, 3.05) is 0 Å². The Bertz CT molecular complexity index is 41.6. The Morgan fingerprint density at radius 2 is 2.60 bits per heavy atom. The van der Waals surface area contributed by atoms with Gasteiger partial charge in [0.05, 0.1) is 0 Å². The molecule has 0 atom stereocenters. The van der Waals surface area contributed by atoms with Crippen LogP contribution in [0, 0.1) is 0 Å². The number of rotatable bonds is 0. The van der Waals surface area contributed by atoms with E-state index in [1.54, 1.807) is 0 Å². The Kier molecular flexibility index (Phi) is 1.14. The molecule has 0 amide bonds. The van der Waals surface area contributed by atoms with E-state index < -0.39 is 0 Å². The third-order valence-corrected chi connectivity index (χ3v) is 2.39. The second kappa shape index (κ2) is 1.65. The number of hydrogen-bond donors (Lipinski definition) is 0. The minimum Gasteiger partial charge on any atom is -0.152 e. The predicted molar refractivity (Wildman–Crippen MR) is 25.7 cm³/mol. The van der Waals surface area contributed by atoms with Crippen LogP contribution in [0.25, 0.3) is 0 Å². The summed E-state index contributed by atoms with van der Waals surface area (Å²) in [5.41, 5.74) is 0. The highest BCUT2D eigenvalue weighted by molar-refractivity contribution is 6.43. The maximum Gasteiger partial charge on any atom is 0.270 e. The molecule has 5 heavy (non-hydrogen) atoms. The van der Waals surface area contributed by atoms with Gasteiger partial charge in [0.15, 0.2) is 0 Å². The molecule has 1 rings (SSSR count). The molecule has 0 unspecified atom stereocenters. The summed E-state index contributed by atoms with van der Waals surface area (Å²) in [5.74, 6) is 0. The number of hydrogen-bond acceptors (Lipinski definition) is 0. The van der Waals surface area contributed by atoms with Gasteiger partial charge in [0, 0.05) is 0 Å². The topological polar surface area (TPSA) is 0 Å². The van der Waals surface area contributed by atoms with Gasteiger partial charge in [-0.1, -0.05) is 5.28 Å². The van der Waals surface area contributed by atoms with Gasteiger partial charge in [-0.05, 0) is 6.42 Å². The zero-order chi connectivity index (χ0) is 3.54. The van der Waals surface area contributed by atoms with Crippen LogP contribution >= 0.6 is 0 Å². The Balaban J connectivity index is 2.32. The quantitative estimate of drug-likeness (QED) is 0.378. The fourth-order valence-corrected chi connectivity index (χ4v) is 1.77. The first-order chi connectivity index (χ1) is 2.50. The van der Waals surface area contributed by atoms with Gasteiger partial charge in [-0.25, -0.2) is 0 Å². The summed E-state index contributed by atoms with van der Waals surface area (Å²) in [4.78, 5) is 2.38. The highest BCUT2D eigenvalue weighted by Crippen LogP contribution is 1.97. The van der Waals surface area contributed by atoms with E-state index in [0.29, 0.717) is 15.2 Å². The molecular weight excluding hydrogens is 75.0 g/mol. The van der Waals surface area contributed by atoms with Gasteiger partial charge in [0.1, 0.15) is 0 Å². The van der Waals surface area contributed by atoms with Crippen molar-refractivity contribution in [3.8, 4) is 0 Å². The molecule has 0 aromatic rings. The SMILES string of the molecule is C1=[CH][AlH][CH2]C1. The normalized spacial score (nSPS) is 19.2. The van der Waals surface area contributed by atoms with E-state index >= 15 is 0 Å². The van der Waals surface area contributed by atoms with Gasteiger partial charge >= 0.3 is 0 Å². The maximum absolute atomic E-state index is 2.38. The molecule has 1 aliphatic heterocycles. The van der Waals surface area contributed by atoms with E-state index in [9.17, 15) is 0 Å². The molecule has 0 fully saturated rings. The lowest BCUT2D eigenvalue weighted by Crippen LogP contribution is -1.67. The summed E-state index contributed by atoms with van der Waals surface area (Å²) in [5, 5.41) is 1.53. The summed E-state index contributed by atoms with van der Waals surface area (Å²) in [6, 6.07) is 0. The maximum atomic E-state index is 2.38. The lowest BCUT2D eigenvalue weighted by molar-refractivity contribution is 1.24. The molecule has 0 N–H and O–H groups in total. The first-order valence-corrected chi connectivity index (χ1v) is 3.97. The molecule has 0 saturated heterocycles. The van der Waals surface area contributed by atoms with E-state index in [0.717, 1.165) is 0 Å². The molecule has 1 heteroatoms. The van der Waals surface area contributed by atoms with Crippen LogP contribution in [0.15, 0.2) is 11.0 Å². The van der Waals surface area contributed by atoms with Crippen molar-refractivity contribution in [3.05, 3.63) is 11.0 Å². The van der Waals surface area contributed by atoms with E-state index in [1.807, 2.05) is 0 Å². The van der Waals surface area contributed by atoms with E-state index in [-0.39, 0.29) is 0 Å². The second-order valence-electron chi connectivity index (χ2n) is 1.40. The summed E-state index contributed by atoms with van der Waals surface area (Å²) in [6.07, 6.45) is 3.68. The van der Waals surface area contributed by atoms with Crippen LogP contribution in [0.3, 0.4) is 0 Å². The average Bonchev–Trinajstić information content (AvgIpc) is 1.76. The standard InChI is InChI=1S/C4H6.Al.H/c1-3-4-2;;/h1,3H,2,4H2;;. The Hall–Kier alpha value is 0.272. The van der Waals surface area contributed by atoms with Crippen molar-refractivity contribution >= 4 is 15.2 Å². The monoisotopic (exact) mass is 82.0 g/mol. The fraction of sp³-hybridized carbons (Fsp3) is 0.500. The van der Waals surface area contributed by atoms with E-state index in [2.05, 4.69) is 11.0 Å². The molecule has 0 bridgehead atoms. The van der Waals surface area contributed by atoms with Crippen molar-refractivity contribution in [2.45, 2.75) is 11.7 Å². The fourth-order valence-electron chi connectivity index (χ4n) is 0.589. The van der Waals surface area contributed by atoms with Crippen LogP contribution in [0.5, 0.6) is 0 Å². The number of allylic oxidation sites excluding steroid dienone is 1. The van der Waals surface area contributed by atoms with Gasteiger partial charge in [0.2, 0.25) is 0 Å². The van der Waals surface area contributed by atoms with Crippen LogP contribution in [-0.4, -0.2) is 15.2 Å². The molecule has 0 nitrogen and oxygen atoms in total. The van der Waals surface area contributed by atoms with Gasteiger partial charge in [-0.2, -0.15) is 4.94 Å². The molecule has 1 aliphatic rings. The van der Waals surface area contributed by atoms with Crippen molar-refractivity contribution in [1.29, 1.82) is 0 Å². The zero-order valence-corrected chi connectivity index (χ0v) is 4.69. The smallest absolute Gasteiger partial charge is 0.152 e. The van der Waals surface area contributed by atoms with Gasteiger partial charge in [-0.15, -0.1) is 6.08 Å². The second-order valence-corrected chi connectivity index (χ2v) is 3.16. The van der Waals surface area contributed by atoms with Crippen LogP contribution in [-0.2, 0) is 0 Å². The first kappa shape index (κ1) is 3.46. The van der Waals surface area contributed by atoms with Crippen LogP contribution < -0.4 is 0 Å². The lowest BCUT2D eigenvalue weighted by Gasteiger charge is -1.65. The molecule has 0 aromatic carbocycles. The molecule has 0 radical (unpaired) electrons. The van der Waals surface area contributed by atoms with Crippen LogP contribution in [0.2, 0.25) is 5.28 Å². The van der Waals surface area contributed by atoms with Crippen molar-refractivity contribution < 1.29 is 0 Å². The Labute approximate surface area is 38.6 Å². The average molecular weight is 82.1 g/mol. The Morgan fingerprint density at radius 3 is 2.80 bits per heavy atom. The molecule has 0 spiro atoms. The van der Waals surface area contributed by atoms with Gasteiger partial charge in [-0.3, -0.25) is 0 Å². The Morgan fingerprint density at radius 1 is 1.60 bits per heavy atom. The predicted octanol–water partition coefficient (Wildman–Crippen LogP) is 0.759. The zero-order valence-electron chi connectivity index (χ0n) is 3.28. The molecule has 0 saturated carbocycles. The van der Waals surface area contributed by atoms with Gasteiger partial charge in [0.25, 0.3) is 15.2 Å². The molecule has 0 aromatic heterocycles. The third-order valence-electron chi connectivity index (χ3n) is 0.908. The summed E-state index contributed by atoms with van der Waals surface area (Å²) < 4.78 is 0. The molecule has 26 valence electrons. The highest BCUT2D eigenvalue weighted by Gasteiger charge is 1.90. The van der Waals surface area contributed by atoms with Crippen LogP contribution in [0.4, 0.5) is 0 Å². The van der Waals surface area contributed by atoms with Gasteiger partial charge < -0.3 is 0 Å². The third kappa shape index (κ3) is 0.794. The minimum atomic E-state index is 0.363. The van der Waals surface area contributed by atoms with E-state index in [1.165, 1.54) is 11.7 Å². The van der Waals surface area contributed by atoms with Crippen molar-refractivity contribution in [1.82, 2.24) is 0 Å². The molecular formula is C4H7Al. The summed E-state index contributed by atoms with van der Waals surface area (Å²) >= 11 is 0.363. The van der Waals surface area contributed by atoms with Crippen molar-refractivity contribution in [2.24, 2.45) is 0 Å². The minimum absolute atomic E-state index is 0.363. The van der Waals surface area contributed by atoms with E-state index in [4.69, 9.17) is 0 Å². The summed E-state index contributed by atoms with van der Waals surface area (Å²) in [6.45, 7) is 0. The lowest BCUT2D eigenvalue weighted by atomic mass is 10.5. The summed E-state index contributed by atoms with van der Waals surface area (Å²) in [7, 11) is 0. The highest BCUT2D eigenvalue weighted by atomic mass is 27.1.